The monoisotopic (exact) mass is 339 g/mol. The maximum Gasteiger partial charge on any atom is 0.163 e. The van der Waals surface area contributed by atoms with Gasteiger partial charge >= 0.3 is 0 Å². The third-order valence-electron chi connectivity index (χ3n) is 3.33. The van der Waals surface area contributed by atoms with Crippen molar-refractivity contribution >= 4 is 23.2 Å². The number of benzene rings is 1. The summed E-state index contributed by atoms with van der Waals surface area (Å²) in [5.74, 6) is 0. The van der Waals surface area contributed by atoms with Gasteiger partial charge in [-0.05, 0) is 6.92 Å². The maximum absolute atomic E-state index is 6.33. The summed E-state index contributed by atoms with van der Waals surface area (Å²) in [6, 6.07) is 10.4. The minimum Gasteiger partial charge on any atom is -1.00 e. The predicted octanol–water partition coefficient (Wildman–Crippen LogP) is 1.20. The van der Waals surface area contributed by atoms with Crippen LogP contribution in [-0.2, 0) is 6.54 Å². The van der Waals surface area contributed by atoms with Crippen molar-refractivity contribution in [1.29, 1.82) is 0 Å². The molecule has 1 rings (SSSR count). The zero-order valence-corrected chi connectivity index (χ0v) is 13.6. The second-order valence-corrected chi connectivity index (χ2v) is 5.47. The van der Waals surface area contributed by atoms with E-state index in [1.807, 2.05) is 19.9 Å². The number of hydrogen-bond donors (Lipinski definition) is 0. The molecule has 2 unspecified atom stereocenters. The topological polar surface area (TPSA) is 0 Å². The highest BCUT2D eigenvalue weighted by molar-refractivity contribution is 6.21. The van der Waals surface area contributed by atoms with Gasteiger partial charge in [0.05, 0.1) is 6.54 Å². The fourth-order valence-corrected chi connectivity index (χ4v) is 2.88. The molecule has 17 heavy (non-hydrogen) atoms. The lowest BCUT2D eigenvalue weighted by molar-refractivity contribution is -0.957. The van der Waals surface area contributed by atoms with E-state index in [9.17, 15) is 0 Å². The first-order valence-electron chi connectivity index (χ1n) is 5.71. The molecule has 98 valence electrons. The van der Waals surface area contributed by atoms with Crippen LogP contribution in [0.15, 0.2) is 30.3 Å². The Bertz CT molecular complexity index is 306. The van der Waals surface area contributed by atoms with Gasteiger partial charge < -0.3 is 17.0 Å². The molecule has 0 aliphatic carbocycles. The lowest BCUT2D eigenvalue weighted by atomic mass is 10.1. The average Bonchev–Trinajstić information content (AvgIpc) is 2.26. The van der Waals surface area contributed by atoms with Crippen LogP contribution in [-0.4, -0.2) is 22.0 Å². The fraction of sp³-hybridized carbons (Fsp3) is 0.538. The molecular formula is C13H20BrCl2N. The molecule has 4 heteroatoms. The van der Waals surface area contributed by atoms with Gasteiger partial charge in [0.15, 0.2) is 11.0 Å². The molecule has 1 nitrogen and oxygen atoms in total. The molecule has 1 aromatic carbocycles. The van der Waals surface area contributed by atoms with Crippen molar-refractivity contribution < 1.29 is 21.5 Å². The van der Waals surface area contributed by atoms with Crippen LogP contribution in [0.3, 0.4) is 0 Å². The molecule has 0 aliphatic heterocycles. The van der Waals surface area contributed by atoms with Gasteiger partial charge in [0.2, 0.25) is 0 Å². The van der Waals surface area contributed by atoms with Crippen molar-refractivity contribution in [3.63, 3.8) is 0 Å². The summed E-state index contributed by atoms with van der Waals surface area (Å²) < 4.78 is 0.702. The largest absolute Gasteiger partial charge is 1.00 e. The lowest BCUT2D eigenvalue weighted by Gasteiger charge is -2.42. The predicted molar refractivity (Wildman–Crippen MR) is 71.6 cm³/mol. The van der Waals surface area contributed by atoms with Crippen LogP contribution < -0.4 is 17.0 Å². The van der Waals surface area contributed by atoms with Crippen molar-refractivity contribution in [1.82, 2.24) is 0 Å². The Kier molecular flexibility index (Phi) is 7.73. The first-order valence-corrected chi connectivity index (χ1v) is 6.58. The third-order valence-corrected chi connectivity index (χ3v) is 4.10. The SMILES string of the molecule is CC[N+](Cc1ccccc1)(C(C)Cl)C(C)Cl.[Br-]. The lowest BCUT2D eigenvalue weighted by Crippen LogP contribution is -3.00. The molecular weight excluding hydrogens is 321 g/mol. The van der Waals surface area contributed by atoms with E-state index in [2.05, 4.69) is 31.2 Å². The molecule has 0 heterocycles. The van der Waals surface area contributed by atoms with Crippen LogP contribution in [0.1, 0.15) is 26.3 Å². The Labute approximate surface area is 125 Å². The highest BCUT2D eigenvalue weighted by Crippen LogP contribution is 2.27. The molecule has 1 aromatic rings. The van der Waals surface area contributed by atoms with E-state index in [1.165, 1.54) is 5.56 Å². The van der Waals surface area contributed by atoms with Gasteiger partial charge in [-0.3, -0.25) is 4.48 Å². The molecule has 0 saturated heterocycles. The van der Waals surface area contributed by atoms with E-state index in [4.69, 9.17) is 23.2 Å². The van der Waals surface area contributed by atoms with Crippen LogP contribution in [0.25, 0.3) is 0 Å². The van der Waals surface area contributed by atoms with Gasteiger partial charge in [0.25, 0.3) is 0 Å². The fourth-order valence-electron chi connectivity index (χ4n) is 2.07. The Hall–Kier alpha value is 0.240. The minimum absolute atomic E-state index is 0. The van der Waals surface area contributed by atoms with E-state index in [0.29, 0.717) is 4.48 Å². The zero-order chi connectivity index (χ0) is 12.2. The first kappa shape index (κ1) is 17.2. The second kappa shape index (κ2) is 7.63. The number of hydrogen-bond acceptors (Lipinski definition) is 0. The molecule has 2 atom stereocenters. The van der Waals surface area contributed by atoms with Gasteiger partial charge in [-0.1, -0.05) is 53.5 Å². The molecule has 0 aromatic heterocycles. The molecule has 0 spiro atoms. The average molecular weight is 341 g/mol. The first-order chi connectivity index (χ1) is 7.53. The smallest absolute Gasteiger partial charge is 0.163 e. The number of halogens is 3. The maximum atomic E-state index is 6.33. The van der Waals surface area contributed by atoms with Crippen molar-refractivity contribution in [3.8, 4) is 0 Å². The van der Waals surface area contributed by atoms with Crippen LogP contribution in [0, 0.1) is 0 Å². The standard InChI is InChI=1S/C13H20Cl2N.BrH/c1-4-16(11(2)14,12(3)15)10-13-8-6-5-7-9-13;/h5-9,11-12H,4,10H2,1-3H3;1H/q+1;/p-1. The molecule has 0 aliphatic rings. The van der Waals surface area contributed by atoms with Gasteiger partial charge in [-0.15, -0.1) is 0 Å². The third kappa shape index (κ3) is 4.13. The highest BCUT2D eigenvalue weighted by Gasteiger charge is 2.35. The number of alkyl halides is 2. The van der Waals surface area contributed by atoms with Crippen molar-refractivity contribution in [2.45, 2.75) is 38.3 Å². The molecule has 0 radical (unpaired) electrons. The Balaban J connectivity index is 0.00000256. The van der Waals surface area contributed by atoms with Crippen LogP contribution >= 0.6 is 23.2 Å². The Morgan fingerprint density at radius 2 is 1.53 bits per heavy atom. The van der Waals surface area contributed by atoms with Gasteiger partial charge in [0, 0.05) is 19.4 Å². The van der Waals surface area contributed by atoms with Crippen molar-refractivity contribution in [2.75, 3.05) is 6.54 Å². The number of nitrogens with zero attached hydrogens (tertiary/aromatic N) is 1. The van der Waals surface area contributed by atoms with Crippen LogP contribution in [0.4, 0.5) is 0 Å². The summed E-state index contributed by atoms with van der Waals surface area (Å²) in [6.45, 7) is 8.00. The highest BCUT2D eigenvalue weighted by atomic mass is 79.9. The van der Waals surface area contributed by atoms with E-state index < -0.39 is 0 Å². The van der Waals surface area contributed by atoms with Gasteiger partial charge in [0.1, 0.15) is 6.54 Å². The summed E-state index contributed by atoms with van der Waals surface area (Å²) in [5.41, 5.74) is 1.31. The normalized spacial score (nSPS) is 17.7. The molecule has 0 fully saturated rings. The summed E-state index contributed by atoms with van der Waals surface area (Å²) >= 11 is 12.7. The van der Waals surface area contributed by atoms with Gasteiger partial charge in [-0.2, -0.15) is 0 Å². The van der Waals surface area contributed by atoms with E-state index in [0.717, 1.165) is 13.1 Å². The quantitative estimate of drug-likeness (QED) is 0.429. The molecule has 0 N–H and O–H groups in total. The van der Waals surface area contributed by atoms with Crippen LogP contribution in [0.2, 0.25) is 0 Å². The zero-order valence-electron chi connectivity index (χ0n) is 10.5. The number of quaternary nitrogens is 1. The van der Waals surface area contributed by atoms with Gasteiger partial charge in [-0.25, -0.2) is 0 Å². The Morgan fingerprint density at radius 1 is 1.06 bits per heavy atom. The second-order valence-electron chi connectivity index (χ2n) is 4.21. The van der Waals surface area contributed by atoms with Crippen molar-refractivity contribution in [3.05, 3.63) is 35.9 Å². The number of rotatable bonds is 5. The van der Waals surface area contributed by atoms with Crippen LogP contribution in [0.5, 0.6) is 0 Å². The molecule has 0 saturated carbocycles. The summed E-state index contributed by atoms with van der Waals surface area (Å²) in [4.78, 5) is 0. The van der Waals surface area contributed by atoms with E-state index in [1.54, 1.807) is 0 Å². The summed E-state index contributed by atoms with van der Waals surface area (Å²) in [7, 11) is 0. The van der Waals surface area contributed by atoms with E-state index >= 15 is 0 Å². The van der Waals surface area contributed by atoms with E-state index in [-0.39, 0.29) is 28.0 Å². The minimum atomic E-state index is 0. The van der Waals surface area contributed by atoms with Crippen molar-refractivity contribution in [2.24, 2.45) is 0 Å². The molecule has 0 amide bonds. The Morgan fingerprint density at radius 3 is 1.88 bits per heavy atom. The molecule has 0 bridgehead atoms. The summed E-state index contributed by atoms with van der Waals surface area (Å²) in [5, 5.41) is 0. The summed E-state index contributed by atoms with van der Waals surface area (Å²) in [6.07, 6.45) is 0.